The van der Waals surface area contributed by atoms with E-state index >= 15 is 0 Å². The molecule has 362 valence electrons. The van der Waals surface area contributed by atoms with Gasteiger partial charge >= 0.3 is 0 Å². The molecule has 2 aliphatic carbocycles. The summed E-state index contributed by atoms with van der Waals surface area (Å²) in [4.78, 5) is 0. The maximum Gasteiger partial charge on any atom is 0.127 e. The Morgan fingerprint density at radius 1 is 0.493 bits per heavy atom. The van der Waals surface area contributed by atoms with Crippen molar-refractivity contribution >= 4 is 10.8 Å². The number of benzene rings is 6. The largest absolute Gasteiger partial charge is 0.493 e. The molecule has 0 spiro atoms. The van der Waals surface area contributed by atoms with E-state index in [0.717, 1.165) is 92.4 Å². The molecule has 0 fully saturated rings. The normalized spacial score (nSPS) is 14.0. The monoisotopic (exact) mass is 935 g/mol. The van der Waals surface area contributed by atoms with Crippen LogP contribution in [-0.4, -0.2) is 13.2 Å². The van der Waals surface area contributed by atoms with Gasteiger partial charge in [-0.3, -0.25) is 0 Å². The molecular weight excluding hydrogens is 861 g/mol. The van der Waals surface area contributed by atoms with Crippen LogP contribution in [0.2, 0.25) is 0 Å². The number of aryl methyl sites for hydroxylation is 2. The maximum atomic E-state index is 6.97. The Morgan fingerprint density at radius 3 is 1.69 bits per heavy atom. The summed E-state index contributed by atoms with van der Waals surface area (Å²) in [5.41, 5.74) is 18.0. The van der Waals surface area contributed by atoms with Gasteiger partial charge in [0.1, 0.15) is 11.5 Å². The van der Waals surface area contributed by atoms with E-state index < -0.39 is 0 Å². The van der Waals surface area contributed by atoms with Crippen molar-refractivity contribution in [3.63, 3.8) is 0 Å². The minimum atomic E-state index is -0.141. The van der Waals surface area contributed by atoms with Crippen molar-refractivity contribution in [1.82, 2.24) is 0 Å². The Labute approximate surface area is 426 Å². The van der Waals surface area contributed by atoms with Crippen molar-refractivity contribution in [3.05, 3.63) is 241 Å². The zero-order valence-electron chi connectivity index (χ0n) is 43.0. The Morgan fingerprint density at radius 2 is 1.06 bits per heavy atom. The van der Waals surface area contributed by atoms with Crippen molar-refractivity contribution in [2.45, 2.75) is 109 Å². The predicted octanol–water partition coefficient (Wildman–Crippen LogP) is 18.9. The maximum absolute atomic E-state index is 6.97. The van der Waals surface area contributed by atoms with Crippen molar-refractivity contribution in [3.8, 4) is 44.9 Å². The number of hydrogen-bond acceptors (Lipinski definition) is 2. The van der Waals surface area contributed by atoms with Crippen LogP contribution in [0.1, 0.15) is 123 Å². The molecule has 6 aromatic rings. The van der Waals surface area contributed by atoms with Crippen LogP contribution in [-0.2, 0) is 17.3 Å². The first-order valence-corrected chi connectivity index (χ1v) is 26.1. The summed E-state index contributed by atoms with van der Waals surface area (Å²) in [6.45, 7) is 26.1. The Bertz CT molecular complexity index is 3010. The third kappa shape index (κ3) is 10.9. The molecule has 0 radical (unpaired) electrons. The van der Waals surface area contributed by atoms with Crippen LogP contribution in [0.15, 0.2) is 196 Å². The molecule has 0 aromatic heterocycles. The van der Waals surface area contributed by atoms with Gasteiger partial charge in [-0.05, 0) is 168 Å². The van der Waals surface area contributed by atoms with Gasteiger partial charge in [0.15, 0.2) is 0 Å². The fourth-order valence-corrected chi connectivity index (χ4v) is 11.4. The van der Waals surface area contributed by atoms with E-state index in [4.69, 9.17) is 9.47 Å². The van der Waals surface area contributed by atoms with E-state index in [2.05, 4.69) is 188 Å². The summed E-state index contributed by atoms with van der Waals surface area (Å²) < 4.78 is 13.9. The Hall–Kier alpha value is -6.90. The zero-order valence-corrected chi connectivity index (χ0v) is 43.0. The lowest BCUT2D eigenvalue weighted by molar-refractivity contribution is 0.302. The molecule has 0 atom stereocenters. The van der Waals surface area contributed by atoms with Gasteiger partial charge in [0, 0.05) is 28.4 Å². The molecule has 2 heteroatoms. The van der Waals surface area contributed by atoms with Gasteiger partial charge in [-0.25, -0.2) is 0 Å². The second-order valence-corrected chi connectivity index (χ2v) is 20.1. The lowest BCUT2D eigenvalue weighted by Gasteiger charge is -2.33. The zero-order chi connectivity index (χ0) is 49.8. The second kappa shape index (κ2) is 23.3. The van der Waals surface area contributed by atoms with Crippen LogP contribution < -0.4 is 9.47 Å². The number of fused-ring (bicyclic) bond motifs is 8. The topological polar surface area (TPSA) is 18.5 Å². The molecule has 2 aliphatic rings. The smallest absolute Gasteiger partial charge is 0.127 e. The summed E-state index contributed by atoms with van der Waals surface area (Å²) in [6, 6.07) is 37.4. The Balaban J connectivity index is 1.24. The average Bonchev–Trinajstić information content (AvgIpc) is 3.76. The van der Waals surface area contributed by atoms with E-state index in [-0.39, 0.29) is 10.8 Å². The van der Waals surface area contributed by atoms with Crippen molar-refractivity contribution in [1.29, 1.82) is 0 Å². The van der Waals surface area contributed by atoms with E-state index in [1.807, 2.05) is 36.5 Å². The molecule has 0 unspecified atom stereocenters. The molecule has 8 rings (SSSR count). The first-order chi connectivity index (χ1) is 34.6. The molecule has 0 heterocycles. The van der Waals surface area contributed by atoms with Gasteiger partial charge in [-0.15, -0.1) is 0 Å². The second-order valence-electron chi connectivity index (χ2n) is 20.1. The Kier molecular flexibility index (Phi) is 16.6. The minimum Gasteiger partial charge on any atom is -0.493 e. The van der Waals surface area contributed by atoms with E-state index in [0.29, 0.717) is 19.6 Å². The molecule has 0 bridgehead atoms. The first-order valence-electron chi connectivity index (χ1n) is 26.1. The third-order valence-electron chi connectivity index (χ3n) is 14.9. The highest BCUT2D eigenvalue weighted by Gasteiger charge is 2.43. The molecule has 0 saturated heterocycles. The summed E-state index contributed by atoms with van der Waals surface area (Å²) >= 11 is 0. The highest BCUT2D eigenvalue weighted by molar-refractivity contribution is 6.04. The fourth-order valence-electron chi connectivity index (χ4n) is 11.4. The van der Waals surface area contributed by atoms with Crippen LogP contribution in [0.5, 0.6) is 11.5 Å². The highest BCUT2D eigenvalue weighted by Crippen LogP contribution is 2.56. The van der Waals surface area contributed by atoms with E-state index in [9.17, 15) is 0 Å². The summed E-state index contributed by atoms with van der Waals surface area (Å²) in [5.74, 6) is 1.80. The minimum absolute atomic E-state index is 0.139. The van der Waals surface area contributed by atoms with Crippen molar-refractivity contribution < 1.29 is 9.47 Å². The van der Waals surface area contributed by atoms with E-state index in [1.54, 1.807) is 0 Å². The first kappa shape index (κ1) is 50.5. The average molecular weight is 935 g/mol. The van der Waals surface area contributed by atoms with Gasteiger partial charge in [0.2, 0.25) is 0 Å². The summed E-state index contributed by atoms with van der Waals surface area (Å²) in [5, 5.41) is 2.66. The van der Waals surface area contributed by atoms with Gasteiger partial charge in [-0.2, -0.15) is 0 Å². The third-order valence-corrected chi connectivity index (χ3v) is 14.9. The predicted molar refractivity (Wildman–Crippen MR) is 306 cm³/mol. The number of rotatable bonds is 25. The fraction of sp³-hybridized carbons (Fsp3) is 0.275. The molecule has 71 heavy (non-hydrogen) atoms. The molecular formula is C69H74O2. The summed E-state index contributed by atoms with van der Waals surface area (Å²) in [7, 11) is 0. The lowest BCUT2D eigenvalue weighted by Crippen LogP contribution is -2.25. The molecule has 6 aromatic carbocycles. The summed E-state index contributed by atoms with van der Waals surface area (Å²) in [6.07, 6.45) is 35.1. The highest BCUT2D eigenvalue weighted by atomic mass is 16.5. The molecule has 2 nitrogen and oxygen atoms in total. The van der Waals surface area contributed by atoms with Crippen LogP contribution in [0.3, 0.4) is 0 Å². The van der Waals surface area contributed by atoms with Crippen LogP contribution in [0.25, 0.3) is 44.2 Å². The van der Waals surface area contributed by atoms with Gasteiger partial charge in [-0.1, -0.05) is 198 Å². The van der Waals surface area contributed by atoms with Gasteiger partial charge in [0.05, 0.1) is 13.2 Å². The van der Waals surface area contributed by atoms with Crippen molar-refractivity contribution in [2.75, 3.05) is 13.2 Å². The molecule has 0 amide bonds. The van der Waals surface area contributed by atoms with Crippen LogP contribution in [0.4, 0.5) is 0 Å². The van der Waals surface area contributed by atoms with Crippen LogP contribution >= 0.6 is 0 Å². The standard InChI is InChI=1S/C69H74O2/c1-9-13-17-21-27-39-69(40-28-22-18-14-10-2)62-43-50(5)33-36-56(62)57-38-35-53(47-63(57)69)60-49-65(70-41-29-23-19-15-11-3)54(48-66(60)71-42-30-24-20-16-12-4)45-52-34-37-59-61(46-52)68(7,8)64-44-51(6)55-31-25-26-32-58(55)67(59)64/h9-20,25-26,31-38,43-44,46-49H,1-4,21-24,27-30,39-42,45H2,5-8H3/b17-13-,18-14-,19-15+,20-16+. The van der Waals surface area contributed by atoms with Crippen LogP contribution in [0, 0.1) is 13.8 Å². The van der Waals surface area contributed by atoms with Gasteiger partial charge < -0.3 is 9.47 Å². The van der Waals surface area contributed by atoms with E-state index in [1.165, 1.54) is 72.0 Å². The van der Waals surface area contributed by atoms with Gasteiger partial charge in [0.25, 0.3) is 0 Å². The molecule has 0 N–H and O–H groups in total. The number of allylic oxidation sites excluding steroid dienone is 12. The quantitative estimate of drug-likeness (QED) is 0.0421. The number of unbranched alkanes of at least 4 members (excludes halogenated alkanes) is 4. The lowest BCUT2D eigenvalue weighted by atomic mass is 9.70. The molecule has 0 saturated carbocycles. The van der Waals surface area contributed by atoms with Crippen molar-refractivity contribution in [2.24, 2.45) is 0 Å². The SMILES string of the molecule is C=C/C=C\CCCC1(CCC/C=C\C=C)c2cc(C)ccc2-c2ccc(-c3cc(OCCC/C=C/C=C)c(Cc4ccc5c(c4)C(C)(C)c4cc(C)c6ccccc6c4-5)cc3OCCC/C=C/C=C)cc21. The number of ether oxygens (including phenoxy) is 2. The number of hydrogen-bond donors (Lipinski definition) is 0. The molecule has 0 aliphatic heterocycles.